The number of hydrogen-bond donors (Lipinski definition) is 3. The molecule has 4 aliphatic rings. The largest absolute Gasteiger partial charge is 0.462 e. The lowest BCUT2D eigenvalue weighted by molar-refractivity contribution is -0.242. The summed E-state index contributed by atoms with van der Waals surface area (Å²) in [6.07, 6.45) is -7.51. The highest BCUT2D eigenvalue weighted by Crippen LogP contribution is 2.64. The number of aliphatic hydroxyl groups is 3. The molecule has 40 heavy (non-hydrogen) atoms. The van der Waals surface area contributed by atoms with E-state index >= 15 is 0 Å². The minimum Gasteiger partial charge on any atom is -0.462 e. The summed E-state index contributed by atoms with van der Waals surface area (Å²) in [5, 5.41) is 35.3. The van der Waals surface area contributed by atoms with E-state index in [0.29, 0.717) is 6.42 Å². The molecule has 2 saturated heterocycles. The zero-order valence-corrected chi connectivity index (χ0v) is 23.9. The number of ether oxygens (including phenoxy) is 5. The van der Waals surface area contributed by atoms with Crippen LogP contribution in [0.5, 0.6) is 0 Å². The van der Waals surface area contributed by atoms with Crippen LogP contribution < -0.4 is 0 Å². The van der Waals surface area contributed by atoms with Crippen molar-refractivity contribution < 1.29 is 58.2 Å². The van der Waals surface area contributed by atoms with E-state index in [4.69, 9.17) is 23.7 Å². The zero-order chi connectivity index (χ0) is 29.9. The predicted molar refractivity (Wildman–Crippen MR) is 135 cm³/mol. The van der Waals surface area contributed by atoms with Crippen LogP contribution in [0.1, 0.15) is 67.7 Å². The van der Waals surface area contributed by atoms with E-state index in [0.717, 1.165) is 6.92 Å². The molecule has 0 aromatic heterocycles. The molecule has 1 saturated carbocycles. The fourth-order valence-corrected chi connectivity index (χ4v) is 7.19. The van der Waals surface area contributed by atoms with Gasteiger partial charge in [-0.1, -0.05) is 20.8 Å². The van der Waals surface area contributed by atoms with Crippen molar-refractivity contribution in [1.82, 2.24) is 0 Å². The first kappa shape index (κ1) is 30.4. The maximum atomic E-state index is 13.0. The molecule has 2 aliphatic carbocycles. The summed E-state index contributed by atoms with van der Waals surface area (Å²) in [5.74, 6) is -4.59. The summed E-state index contributed by atoms with van der Waals surface area (Å²) >= 11 is 0. The molecule has 3 fully saturated rings. The number of rotatable bonds is 5. The number of aliphatic hydroxyl groups excluding tert-OH is 3. The Kier molecular flexibility index (Phi) is 7.89. The van der Waals surface area contributed by atoms with Crippen molar-refractivity contribution in [2.24, 2.45) is 17.3 Å². The smallest absolute Gasteiger partial charge is 0.342 e. The lowest BCUT2D eigenvalue weighted by atomic mass is 9.53. The number of fused-ring (bicyclic) bond motifs is 1. The van der Waals surface area contributed by atoms with Crippen LogP contribution in [0, 0.1) is 17.3 Å². The average Bonchev–Trinajstić information content (AvgIpc) is 3.45. The van der Waals surface area contributed by atoms with Gasteiger partial charge in [-0.15, -0.1) is 0 Å². The van der Waals surface area contributed by atoms with Crippen LogP contribution in [0.2, 0.25) is 0 Å². The van der Waals surface area contributed by atoms with E-state index in [2.05, 4.69) is 0 Å². The van der Waals surface area contributed by atoms with Crippen LogP contribution in [0.4, 0.5) is 0 Å². The molecule has 12 heteroatoms. The Labute approximate surface area is 232 Å². The summed E-state index contributed by atoms with van der Waals surface area (Å²) in [6.45, 7) is 10.4. The van der Waals surface area contributed by atoms with Crippen LogP contribution in [-0.4, -0.2) is 93.1 Å². The van der Waals surface area contributed by atoms with Crippen molar-refractivity contribution in [3.63, 3.8) is 0 Å². The number of carbonyl (C=O) groups excluding carboxylic acids is 4. The highest BCUT2D eigenvalue weighted by Gasteiger charge is 2.86. The molecular weight excluding hydrogens is 528 g/mol. The van der Waals surface area contributed by atoms with Gasteiger partial charge < -0.3 is 39.0 Å². The van der Waals surface area contributed by atoms with Gasteiger partial charge in [0.1, 0.15) is 12.2 Å². The second-order valence-electron chi connectivity index (χ2n) is 11.9. The van der Waals surface area contributed by atoms with Gasteiger partial charge in [0.2, 0.25) is 0 Å². The molecule has 2 aliphatic heterocycles. The van der Waals surface area contributed by atoms with E-state index in [1.807, 2.05) is 0 Å². The zero-order valence-electron chi connectivity index (χ0n) is 23.9. The minimum absolute atomic E-state index is 0.0497. The molecule has 12 atom stereocenters. The molecule has 12 nitrogen and oxygen atoms in total. The van der Waals surface area contributed by atoms with Gasteiger partial charge in [-0.05, 0) is 37.8 Å². The Morgan fingerprint density at radius 1 is 1.05 bits per heavy atom. The third-order valence-corrected chi connectivity index (χ3v) is 9.38. The molecule has 1 spiro atoms. The molecule has 4 rings (SSSR count). The topological polar surface area (TPSA) is 178 Å². The van der Waals surface area contributed by atoms with Gasteiger partial charge in [0.25, 0.3) is 0 Å². The lowest BCUT2D eigenvalue weighted by Gasteiger charge is -2.56. The van der Waals surface area contributed by atoms with Gasteiger partial charge in [-0.25, -0.2) is 4.79 Å². The van der Waals surface area contributed by atoms with E-state index < -0.39 is 95.1 Å². The normalized spacial score (nSPS) is 47.3. The summed E-state index contributed by atoms with van der Waals surface area (Å²) in [6, 6.07) is 0. The predicted octanol–water partition coefficient (Wildman–Crippen LogP) is 0.720. The maximum Gasteiger partial charge on any atom is 0.342 e. The molecule has 0 amide bonds. The summed E-state index contributed by atoms with van der Waals surface area (Å²) in [7, 11) is 0. The van der Waals surface area contributed by atoms with Crippen LogP contribution in [0.25, 0.3) is 0 Å². The molecule has 0 aromatic carbocycles. The first-order valence-corrected chi connectivity index (χ1v) is 13.7. The summed E-state index contributed by atoms with van der Waals surface area (Å²) in [5.41, 5.74) is -4.44. The molecule has 0 aromatic rings. The lowest BCUT2D eigenvalue weighted by Crippen LogP contribution is -2.68. The van der Waals surface area contributed by atoms with Crippen LogP contribution in [-0.2, 0) is 42.9 Å². The van der Waals surface area contributed by atoms with Crippen molar-refractivity contribution >= 4 is 23.9 Å². The summed E-state index contributed by atoms with van der Waals surface area (Å²) in [4.78, 5) is 50.3. The molecule has 0 unspecified atom stereocenters. The molecule has 0 radical (unpaired) electrons. The number of hydrogen-bond acceptors (Lipinski definition) is 12. The van der Waals surface area contributed by atoms with Crippen molar-refractivity contribution in [2.75, 3.05) is 0 Å². The minimum atomic E-state index is -1.69. The van der Waals surface area contributed by atoms with Crippen molar-refractivity contribution in [2.45, 2.75) is 122 Å². The van der Waals surface area contributed by atoms with E-state index in [1.54, 1.807) is 27.7 Å². The molecule has 2 heterocycles. The number of epoxide rings is 1. The Balaban J connectivity index is 1.99. The molecule has 3 N–H and O–H groups in total. The maximum absolute atomic E-state index is 13.0. The fourth-order valence-electron chi connectivity index (χ4n) is 7.19. The Morgan fingerprint density at radius 2 is 1.68 bits per heavy atom. The van der Waals surface area contributed by atoms with Crippen LogP contribution in [0.15, 0.2) is 11.6 Å². The van der Waals surface area contributed by atoms with Gasteiger partial charge in [0, 0.05) is 38.0 Å². The van der Waals surface area contributed by atoms with Crippen molar-refractivity contribution in [3.8, 4) is 0 Å². The van der Waals surface area contributed by atoms with Gasteiger partial charge in [0.15, 0.2) is 29.5 Å². The SMILES string of the molecule is CCCC(=O)O[C@@H]1/C(C)=C\[C@@H]2OC(=O)[C@]3(C)O[C@]23[C@@H](O)[C@H]2[C@@H](C)[C@@H](O)C[C@H](OC(C)=O)[C@]2(C)[C@@H](O)[C@H]1OC(C)=O. The second kappa shape index (κ2) is 10.4. The Morgan fingerprint density at radius 3 is 2.23 bits per heavy atom. The van der Waals surface area contributed by atoms with Crippen LogP contribution in [0.3, 0.4) is 0 Å². The second-order valence-corrected chi connectivity index (χ2v) is 11.9. The fraction of sp³-hybridized carbons (Fsp3) is 0.786. The van der Waals surface area contributed by atoms with Crippen molar-refractivity contribution in [1.29, 1.82) is 0 Å². The van der Waals surface area contributed by atoms with Gasteiger partial charge in [0.05, 0.1) is 12.2 Å². The van der Waals surface area contributed by atoms with E-state index in [9.17, 15) is 34.5 Å². The standard InChI is InChI=1S/C28H40O12/c1-8-9-19(32)39-21-12(2)10-18-28(27(7,40-28)25(35)38-18)23(33)20-13(3)16(31)11-17(36-14(4)29)26(20,6)24(34)22(21)37-15(5)30/h10,13,16-18,20-24,31,33-34H,8-9,11H2,1-7H3/b12-10-/t13-,16-,17-,18-,20+,21+,22-,23-,24-,26-,27-,28-/m0/s1. The molecule has 0 bridgehead atoms. The third kappa shape index (κ3) is 4.43. The monoisotopic (exact) mass is 568 g/mol. The van der Waals surface area contributed by atoms with Crippen molar-refractivity contribution in [3.05, 3.63) is 11.6 Å². The van der Waals surface area contributed by atoms with Gasteiger partial charge >= 0.3 is 23.9 Å². The van der Waals surface area contributed by atoms with Crippen LogP contribution >= 0.6 is 0 Å². The Bertz CT molecular complexity index is 1100. The first-order valence-electron chi connectivity index (χ1n) is 13.7. The van der Waals surface area contributed by atoms with Gasteiger partial charge in [-0.3, -0.25) is 14.4 Å². The number of carbonyl (C=O) groups is 4. The quantitative estimate of drug-likeness (QED) is 0.183. The highest BCUT2D eigenvalue weighted by molar-refractivity contribution is 5.89. The summed E-state index contributed by atoms with van der Waals surface area (Å²) < 4.78 is 28.7. The average molecular weight is 569 g/mol. The van der Waals surface area contributed by atoms with E-state index in [-0.39, 0.29) is 18.4 Å². The number of esters is 4. The highest BCUT2D eigenvalue weighted by atomic mass is 16.7. The molecular formula is C28H40O12. The van der Waals surface area contributed by atoms with E-state index in [1.165, 1.54) is 19.9 Å². The van der Waals surface area contributed by atoms with Gasteiger partial charge in [-0.2, -0.15) is 0 Å². The Hall–Kier alpha value is -2.54. The first-order chi connectivity index (χ1) is 18.6. The molecule has 224 valence electrons. The third-order valence-electron chi connectivity index (χ3n) is 9.38.